The van der Waals surface area contributed by atoms with Crippen molar-refractivity contribution in [1.82, 2.24) is 29.7 Å². The Morgan fingerprint density at radius 3 is 2.67 bits per heavy atom. The molecule has 0 saturated carbocycles. The van der Waals surface area contributed by atoms with Crippen molar-refractivity contribution in [3.05, 3.63) is 48.5 Å². The number of aliphatic hydroxyl groups excluding tert-OH is 2. The molecule has 2 unspecified atom stereocenters. The average molecular weight is 555 g/mol. The van der Waals surface area contributed by atoms with Gasteiger partial charge in [-0.2, -0.15) is 0 Å². The number of aliphatic hydroxyl groups is 2. The number of rotatable bonds is 11. The Kier molecular flexibility index (Phi) is 8.88. The third-order valence-corrected chi connectivity index (χ3v) is 7.93. The van der Waals surface area contributed by atoms with Gasteiger partial charge in [0, 0.05) is 19.6 Å². The summed E-state index contributed by atoms with van der Waals surface area (Å²) in [5.41, 5.74) is 13.8. The molecule has 8 N–H and O–H groups in total. The second kappa shape index (κ2) is 12.5. The van der Waals surface area contributed by atoms with Crippen LogP contribution in [0.5, 0.6) is 0 Å². The number of piperidine rings is 1. The summed E-state index contributed by atoms with van der Waals surface area (Å²) in [7, 11) is 0. The molecule has 216 valence electrons. The van der Waals surface area contributed by atoms with Gasteiger partial charge in [0.1, 0.15) is 36.2 Å². The molecular weight excluding hydrogens is 516 g/mol. The lowest BCUT2D eigenvalue weighted by atomic mass is 9.86. The number of hydrogen-bond donors (Lipinski definition) is 6. The van der Waals surface area contributed by atoms with Gasteiger partial charge in [0.25, 0.3) is 0 Å². The smallest absolute Gasteiger partial charge is 0.320 e. The number of nitrogen functional groups attached to an aromatic ring is 1. The van der Waals surface area contributed by atoms with Crippen LogP contribution in [-0.2, 0) is 16.0 Å². The number of aliphatic carboxylic acids is 1. The number of hydrogen-bond acceptors (Lipinski definition) is 11. The molecule has 4 heterocycles. The van der Waals surface area contributed by atoms with E-state index in [0.29, 0.717) is 42.6 Å². The Balaban J connectivity index is 1.27. The molecule has 2 fully saturated rings. The molecule has 40 heavy (non-hydrogen) atoms. The molecule has 13 heteroatoms. The standard InChI is InChI=1S/C27H38N8O5/c28-19(27(38)39)6-7-34(12-18-9-17(10-30-11-18)8-16-4-2-1-3-5-16)13-20-22(36)23(37)26(40-20)35-15-33-21-24(29)31-14-32-25(21)35/h1-5,14-15,17-20,22-23,26,30,36-37H,6-13,28H2,(H,38,39)(H2,29,31,32)/t17?,18?,19-,20+,22+,23+,26+/m0/s1. The zero-order chi connectivity index (χ0) is 28.2. The van der Waals surface area contributed by atoms with Gasteiger partial charge in [-0.25, -0.2) is 15.0 Å². The van der Waals surface area contributed by atoms with E-state index in [1.165, 1.54) is 18.2 Å². The number of anilines is 1. The maximum atomic E-state index is 11.4. The molecule has 2 saturated heterocycles. The number of ether oxygens (including phenoxy) is 1. The van der Waals surface area contributed by atoms with E-state index in [1.54, 1.807) is 4.57 Å². The van der Waals surface area contributed by atoms with E-state index < -0.39 is 36.6 Å². The van der Waals surface area contributed by atoms with Gasteiger partial charge < -0.3 is 41.7 Å². The van der Waals surface area contributed by atoms with Gasteiger partial charge in [-0.05, 0) is 49.8 Å². The fraction of sp³-hybridized carbons (Fsp3) is 0.556. The van der Waals surface area contributed by atoms with Crippen LogP contribution in [0.4, 0.5) is 5.82 Å². The Bertz CT molecular complexity index is 1280. The Morgan fingerprint density at radius 2 is 1.90 bits per heavy atom. The number of nitrogens with one attached hydrogen (secondary N) is 1. The normalized spacial score (nSPS) is 27.8. The molecule has 1 aromatic carbocycles. The Labute approximate surface area is 232 Å². The summed E-state index contributed by atoms with van der Waals surface area (Å²) in [6.45, 7) is 3.17. The monoisotopic (exact) mass is 554 g/mol. The summed E-state index contributed by atoms with van der Waals surface area (Å²) in [6.07, 6.45) is 0.971. The van der Waals surface area contributed by atoms with Crippen molar-refractivity contribution in [2.45, 2.75) is 49.8 Å². The molecule has 13 nitrogen and oxygen atoms in total. The first-order valence-corrected chi connectivity index (χ1v) is 13.7. The average Bonchev–Trinajstić information content (AvgIpc) is 3.49. The van der Waals surface area contributed by atoms with E-state index in [1.807, 2.05) is 6.07 Å². The van der Waals surface area contributed by atoms with Crippen molar-refractivity contribution in [2.24, 2.45) is 17.6 Å². The van der Waals surface area contributed by atoms with Crippen molar-refractivity contribution >= 4 is 23.0 Å². The lowest BCUT2D eigenvalue weighted by Gasteiger charge is -2.35. The number of aromatic nitrogens is 4. The fourth-order valence-corrected chi connectivity index (χ4v) is 5.86. The first-order chi connectivity index (χ1) is 19.3. The summed E-state index contributed by atoms with van der Waals surface area (Å²) in [6, 6.07) is 9.43. The summed E-state index contributed by atoms with van der Waals surface area (Å²) in [5.74, 6) is -0.0446. The van der Waals surface area contributed by atoms with Gasteiger partial charge in [-0.1, -0.05) is 30.3 Å². The van der Waals surface area contributed by atoms with E-state index in [-0.39, 0.29) is 12.2 Å². The maximum Gasteiger partial charge on any atom is 0.320 e. The maximum absolute atomic E-state index is 11.4. The van der Waals surface area contributed by atoms with Gasteiger partial charge in [-0.3, -0.25) is 9.36 Å². The molecular formula is C27H38N8O5. The third kappa shape index (κ3) is 6.40. The van der Waals surface area contributed by atoms with Gasteiger partial charge in [0.15, 0.2) is 17.7 Å². The lowest BCUT2D eigenvalue weighted by molar-refractivity contribution is -0.138. The lowest BCUT2D eigenvalue weighted by Crippen LogP contribution is -2.47. The van der Waals surface area contributed by atoms with E-state index in [9.17, 15) is 20.1 Å². The summed E-state index contributed by atoms with van der Waals surface area (Å²) < 4.78 is 7.72. The van der Waals surface area contributed by atoms with Crippen molar-refractivity contribution in [3.63, 3.8) is 0 Å². The minimum absolute atomic E-state index is 0.209. The Morgan fingerprint density at radius 1 is 1.12 bits per heavy atom. The van der Waals surface area contributed by atoms with Gasteiger partial charge in [-0.15, -0.1) is 0 Å². The SMILES string of the molecule is Nc1ncnc2c1ncn2[C@@H]1O[C@H](CN(CC[C@H](N)C(=O)O)CC2CNCC(Cc3ccccc3)C2)[C@@H](O)[C@H]1O. The number of carbonyl (C=O) groups is 1. The van der Waals surface area contributed by atoms with Crippen molar-refractivity contribution in [1.29, 1.82) is 0 Å². The van der Waals surface area contributed by atoms with Crippen molar-refractivity contribution < 1.29 is 24.9 Å². The molecule has 0 amide bonds. The van der Waals surface area contributed by atoms with Crippen LogP contribution in [0, 0.1) is 11.8 Å². The summed E-state index contributed by atoms with van der Waals surface area (Å²) in [5, 5.41) is 34.7. The van der Waals surface area contributed by atoms with Crippen LogP contribution >= 0.6 is 0 Å². The highest BCUT2D eigenvalue weighted by molar-refractivity contribution is 5.81. The first-order valence-electron chi connectivity index (χ1n) is 13.7. The van der Waals surface area contributed by atoms with Crippen LogP contribution in [0.1, 0.15) is 24.6 Å². The zero-order valence-corrected chi connectivity index (χ0v) is 22.3. The highest BCUT2D eigenvalue weighted by Gasteiger charge is 2.45. The number of carboxylic acids is 1. The van der Waals surface area contributed by atoms with Gasteiger partial charge >= 0.3 is 5.97 Å². The largest absolute Gasteiger partial charge is 0.480 e. The summed E-state index contributed by atoms with van der Waals surface area (Å²) in [4.78, 5) is 25.9. The number of carboxylic acid groups (broad SMARTS) is 1. The molecule has 2 aliphatic heterocycles. The highest BCUT2D eigenvalue weighted by atomic mass is 16.6. The number of nitrogens with zero attached hydrogens (tertiary/aromatic N) is 5. The zero-order valence-electron chi connectivity index (χ0n) is 22.3. The van der Waals surface area contributed by atoms with Crippen molar-refractivity contribution in [2.75, 3.05) is 38.5 Å². The molecule has 0 spiro atoms. The number of fused-ring (bicyclic) bond motifs is 1. The molecule has 3 aromatic rings. The second-order valence-electron chi connectivity index (χ2n) is 10.9. The number of benzene rings is 1. The van der Waals surface area contributed by atoms with E-state index in [4.69, 9.17) is 16.2 Å². The topological polar surface area (TPSA) is 198 Å². The minimum Gasteiger partial charge on any atom is -0.480 e. The van der Waals surface area contributed by atoms with Crippen LogP contribution in [0.15, 0.2) is 43.0 Å². The van der Waals surface area contributed by atoms with Gasteiger partial charge in [0.2, 0.25) is 0 Å². The predicted molar refractivity (Wildman–Crippen MR) is 147 cm³/mol. The van der Waals surface area contributed by atoms with E-state index >= 15 is 0 Å². The van der Waals surface area contributed by atoms with Crippen LogP contribution in [0.3, 0.4) is 0 Å². The Hall–Kier alpha value is -3.20. The molecule has 5 rings (SSSR count). The van der Waals surface area contributed by atoms with Crippen LogP contribution in [0.25, 0.3) is 11.2 Å². The van der Waals surface area contributed by atoms with Crippen molar-refractivity contribution in [3.8, 4) is 0 Å². The van der Waals surface area contributed by atoms with Crippen LogP contribution in [0.2, 0.25) is 0 Å². The van der Waals surface area contributed by atoms with Crippen LogP contribution in [-0.4, -0.2) is 103 Å². The van der Waals surface area contributed by atoms with E-state index in [0.717, 1.165) is 25.9 Å². The third-order valence-electron chi connectivity index (χ3n) is 7.93. The minimum atomic E-state index is -1.23. The molecule has 2 aliphatic rings. The molecule has 0 bridgehead atoms. The molecule has 2 aromatic heterocycles. The van der Waals surface area contributed by atoms with Gasteiger partial charge in [0.05, 0.1) is 6.33 Å². The molecule has 0 radical (unpaired) electrons. The van der Waals surface area contributed by atoms with Crippen LogP contribution < -0.4 is 16.8 Å². The fourth-order valence-electron chi connectivity index (χ4n) is 5.86. The second-order valence-corrected chi connectivity index (χ2v) is 10.9. The molecule has 7 atom stereocenters. The van der Waals surface area contributed by atoms with E-state index in [2.05, 4.69) is 49.4 Å². The quantitative estimate of drug-likeness (QED) is 0.180. The molecule has 0 aliphatic carbocycles. The number of nitrogens with two attached hydrogens (primary N) is 2. The highest BCUT2D eigenvalue weighted by Crippen LogP contribution is 2.33. The first kappa shape index (κ1) is 28.3. The summed E-state index contributed by atoms with van der Waals surface area (Å²) >= 11 is 0. The number of imidazole rings is 1. The predicted octanol–water partition coefficient (Wildman–Crippen LogP) is -0.400.